The van der Waals surface area contributed by atoms with Crippen LogP contribution in [0.15, 0.2) is 13.2 Å². The van der Waals surface area contributed by atoms with Crippen LogP contribution >= 0.6 is 0 Å². The van der Waals surface area contributed by atoms with Gasteiger partial charge in [0.05, 0.1) is 0 Å². The summed E-state index contributed by atoms with van der Waals surface area (Å²) in [6.45, 7) is 6.00. The van der Waals surface area contributed by atoms with E-state index in [1.165, 1.54) is 6.11 Å². The van der Waals surface area contributed by atoms with Crippen LogP contribution in [0.4, 0.5) is 4.79 Å². The van der Waals surface area contributed by atoms with Gasteiger partial charge in [0.1, 0.15) is 6.11 Å². The fourth-order valence-corrected chi connectivity index (χ4v) is 0.0504. The van der Waals surface area contributed by atoms with Gasteiger partial charge in [-0.15, -0.1) is 13.2 Å². The van der Waals surface area contributed by atoms with Gasteiger partial charge in [-0.2, -0.15) is 0 Å². The van der Waals surface area contributed by atoms with Gasteiger partial charge in [-0.1, -0.05) is 6.42 Å². The Hall–Kier alpha value is -1.43. The highest BCUT2D eigenvalue weighted by Crippen LogP contribution is 1.65. The second kappa shape index (κ2) is 9.13. The molecule has 0 saturated carbocycles. The fraction of sp³-hybridized carbons (Fsp3) is 0. The molecule has 3 heteroatoms. The summed E-state index contributed by atoms with van der Waals surface area (Å²) in [5, 5.41) is 7.55. The summed E-state index contributed by atoms with van der Waals surface area (Å²) in [5.41, 5.74) is 0. The third-order valence-corrected chi connectivity index (χ3v) is 0.146. The van der Waals surface area contributed by atoms with Crippen LogP contribution in [-0.2, 0) is 4.74 Å². The minimum atomic E-state index is -1.45. The van der Waals surface area contributed by atoms with Crippen molar-refractivity contribution in [3.05, 3.63) is 13.2 Å². The molecule has 0 bridgehead atoms. The Balaban J connectivity index is 0. The number of ether oxygens (including phenoxy) is 1. The van der Waals surface area contributed by atoms with Crippen LogP contribution in [0, 0.1) is 12.5 Å². The predicted octanol–water partition coefficient (Wildman–Crippen LogP) is 1.07. The highest BCUT2D eigenvalue weighted by molar-refractivity contribution is 5.58. The lowest BCUT2D eigenvalue weighted by molar-refractivity contribution is 0.134. The largest absolute Gasteiger partial charge is 0.520 e. The van der Waals surface area contributed by atoms with Crippen LogP contribution in [0.3, 0.4) is 0 Å². The molecule has 3 nitrogen and oxygen atoms in total. The molecule has 0 aromatic carbocycles. The average molecular weight is 114 g/mol. The first kappa shape index (κ1) is 9.76. The molecule has 0 aromatic heterocycles. The topological polar surface area (TPSA) is 46.5 Å². The summed E-state index contributed by atoms with van der Waals surface area (Å²) in [5.74, 6) is 0. The van der Waals surface area contributed by atoms with Crippen molar-refractivity contribution in [2.24, 2.45) is 0 Å². The van der Waals surface area contributed by atoms with E-state index in [0.717, 1.165) is 0 Å². The molecule has 0 atom stereocenters. The molecule has 0 heterocycles. The van der Waals surface area contributed by atoms with Crippen molar-refractivity contribution in [1.82, 2.24) is 0 Å². The summed E-state index contributed by atoms with van der Waals surface area (Å²) in [7, 11) is 0. The Kier molecular flexibility index (Phi) is 11.1. The van der Waals surface area contributed by atoms with Crippen LogP contribution in [0.25, 0.3) is 0 Å². The summed E-state index contributed by atoms with van der Waals surface area (Å²) in [6.07, 6.45) is 4.40. The van der Waals surface area contributed by atoms with Crippen LogP contribution < -0.4 is 0 Å². The van der Waals surface area contributed by atoms with E-state index in [2.05, 4.69) is 24.3 Å². The third-order valence-electron chi connectivity index (χ3n) is 0.146. The van der Waals surface area contributed by atoms with Gasteiger partial charge in [0.2, 0.25) is 0 Å². The first-order chi connectivity index (χ1) is 3.77. The average Bonchev–Trinajstić information content (AvgIpc) is 1.72. The van der Waals surface area contributed by atoms with Crippen molar-refractivity contribution in [1.29, 1.82) is 0 Å². The van der Waals surface area contributed by atoms with E-state index in [1.807, 2.05) is 0 Å². The van der Waals surface area contributed by atoms with E-state index in [-0.39, 0.29) is 0 Å². The summed E-state index contributed by atoms with van der Waals surface area (Å²) >= 11 is 0. The van der Waals surface area contributed by atoms with Crippen molar-refractivity contribution in [2.75, 3.05) is 0 Å². The fourth-order valence-electron chi connectivity index (χ4n) is 0.0504. The first-order valence-electron chi connectivity index (χ1n) is 1.62. The van der Waals surface area contributed by atoms with Gasteiger partial charge >= 0.3 is 6.16 Å². The Labute approximate surface area is 47.6 Å². The number of carboxylic acid groups (broad SMARTS) is 1. The van der Waals surface area contributed by atoms with Crippen LogP contribution in [0.2, 0.25) is 0 Å². The molecular weight excluding hydrogens is 108 g/mol. The van der Waals surface area contributed by atoms with Gasteiger partial charge in [-0.05, 0) is 0 Å². The lowest BCUT2D eigenvalue weighted by atomic mass is 11.2. The number of hydrogen-bond donors (Lipinski definition) is 1. The monoisotopic (exact) mass is 114 g/mol. The minimum absolute atomic E-state index is 1.45. The summed E-state index contributed by atoms with van der Waals surface area (Å²) in [4.78, 5) is 9.23. The maximum atomic E-state index is 9.23. The molecule has 0 fully saturated rings. The number of terminal acetylenes is 1. The summed E-state index contributed by atoms with van der Waals surface area (Å²) in [6, 6.07) is 0. The maximum Gasteiger partial charge on any atom is 0.520 e. The molecule has 1 N–H and O–H groups in total. The van der Waals surface area contributed by atoms with E-state index >= 15 is 0 Å². The number of hydrogen-bond acceptors (Lipinski definition) is 2. The molecule has 0 saturated heterocycles. The zero-order chi connectivity index (χ0) is 6.99. The van der Waals surface area contributed by atoms with E-state index in [1.54, 1.807) is 0 Å². The van der Waals surface area contributed by atoms with Gasteiger partial charge in [0, 0.05) is 0 Å². The highest BCUT2D eigenvalue weighted by Gasteiger charge is 1.85. The van der Waals surface area contributed by atoms with Crippen molar-refractivity contribution in [2.45, 2.75) is 0 Å². The van der Waals surface area contributed by atoms with Gasteiger partial charge in [0.25, 0.3) is 0 Å². The van der Waals surface area contributed by atoms with E-state index in [0.29, 0.717) is 0 Å². The Morgan fingerprint density at radius 1 is 1.75 bits per heavy atom. The Morgan fingerprint density at radius 3 is 2.12 bits per heavy atom. The minimum Gasteiger partial charge on any atom is -0.449 e. The van der Waals surface area contributed by atoms with E-state index in [9.17, 15) is 4.79 Å². The normalized spacial score (nSPS) is 4.88. The summed E-state index contributed by atoms with van der Waals surface area (Å²) < 4.78 is 3.49. The molecule has 44 valence electrons. The standard InChI is InChI=1S/C3H2O3.C2H4/c1-2-6-3(4)5;1-2/h1H,(H,4,5);1-2H2. The highest BCUT2D eigenvalue weighted by atomic mass is 16.6. The van der Waals surface area contributed by atoms with Gasteiger partial charge < -0.3 is 9.84 Å². The number of carbonyl (C=O) groups is 1. The molecule has 0 rings (SSSR count). The quantitative estimate of drug-likeness (QED) is 0.291. The lowest BCUT2D eigenvalue weighted by Gasteiger charge is -1.76. The van der Waals surface area contributed by atoms with Gasteiger partial charge in [0.15, 0.2) is 0 Å². The second-order valence-electron chi connectivity index (χ2n) is 0.486. The Bertz CT molecular complexity index is 101. The molecule has 0 aliphatic rings. The third kappa shape index (κ3) is 23.6. The molecule has 0 aromatic rings. The van der Waals surface area contributed by atoms with Gasteiger partial charge in [-0.3, -0.25) is 0 Å². The van der Waals surface area contributed by atoms with Crippen molar-refractivity contribution in [3.8, 4) is 12.5 Å². The molecule has 8 heavy (non-hydrogen) atoms. The van der Waals surface area contributed by atoms with Gasteiger partial charge in [-0.25, -0.2) is 4.79 Å². The first-order valence-corrected chi connectivity index (χ1v) is 1.62. The second-order valence-corrected chi connectivity index (χ2v) is 0.486. The smallest absolute Gasteiger partial charge is 0.449 e. The van der Waals surface area contributed by atoms with Crippen molar-refractivity contribution < 1.29 is 14.6 Å². The molecule has 0 unspecified atom stereocenters. The lowest BCUT2D eigenvalue weighted by Crippen LogP contribution is -1.90. The van der Waals surface area contributed by atoms with Crippen LogP contribution in [0.1, 0.15) is 0 Å². The van der Waals surface area contributed by atoms with Crippen molar-refractivity contribution >= 4 is 6.16 Å². The predicted molar refractivity (Wildman–Crippen MR) is 29.2 cm³/mol. The SMILES string of the molecule is C#COC(=O)O.C=C. The zero-order valence-corrected chi connectivity index (χ0v) is 4.26. The van der Waals surface area contributed by atoms with Crippen LogP contribution in [0.5, 0.6) is 0 Å². The van der Waals surface area contributed by atoms with Crippen molar-refractivity contribution in [3.63, 3.8) is 0 Å². The van der Waals surface area contributed by atoms with Crippen LogP contribution in [-0.4, -0.2) is 11.3 Å². The zero-order valence-electron chi connectivity index (χ0n) is 4.26. The molecule has 0 radical (unpaired) electrons. The molecular formula is C5H6O3. The Morgan fingerprint density at radius 2 is 2.12 bits per heavy atom. The molecule has 0 spiro atoms. The van der Waals surface area contributed by atoms with E-state index in [4.69, 9.17) is 5.11 Å². The van der Waals surface area contributed by atoms with E-state index < -0.39 is 6.16 Å². The maximum absolute atomic E-state index is 9.23. The molecule has 0 aliphatic heterocycles. The molecule has 0 aliphatic carbocycles. The molecule has 0 amide bonds. The number of rotatable bonds is 0.